The zero-order valence-corrected chi connectivity index (χ0v) is 15.7. The monoisotopic (exact) mass is 366 g/mol. The van der Waals surface area contributed by atoms with Gasteiger partial charge in [0.15, 0.2) is 5.76 Å². The first kappa shape index (κ1) is 17.4. The van der Waals surface area contributed by atoms with Gasteiger partial charge in [0.05, 0.1) is 12.8 Å². The normalized spacial score (nSPS) is 13.4. The number of fused-ring (bicyclic) bond motifs is 1. The van der Waals surface area contributed by atoms with Gasteiger partial charge in [-0.1, -0.05) is 5.16 Å². The van der Waals surface area contributed by atoms with Crippen molar-refractivity contribution in [2.75, 3.05) is 7.11 Å². The summed E-state index contributed by atoms with van der Waals surface area (Å²) in [4.78, 5) is 12.3. The van der Waals surface area contributed by atoms with Crippen molar-refractivity contribution in [1.82, 2.24) is 9.72 Å². The van der Waals surface area contributed by atoms with Gasteiger partial charge in [-0.3, -0.25) is 4.57 Å². The Bertz CT molecular complexity index is 992. The van der Waals surface area contributed by atoms with Crippen LogP contribution in [0.25, 0.3) is 16.9 Å². The quantitative estimate of drug-likeness (QED) is 0.743. The summed E-state index contributed by atoms with van der Waals surface area (Å²) in [5, 5.41) is 14.1. The van der Waals surface area contributed by atoms with E-state index in [9.17, 15) is 9.90 Å². The fourth-order valence-corrected chi connectivity index (χ4v) is 4.11. The third-order valence-corrected chi connectivity index (χ3v) is 5.27. The lowest BCUT2D eigenvalue weighted by Gasteiger charge is -2.14. The molecule has 0 saturated heterocycles. The van der Waals surface area contributed by atoms with Crippen molar-refractivity contribution in [3.8, 4) is 22.7 Å². The highest BCUT2D eigenvalue weighted by Gasteiger charge is 2.31. The molecule has 1 N–H and O–H groups in total. The third kappa shape index (κ3) is 2.72. The van der Waals surface area contributed by atoms with Crippen LogP contribution < -0.4 is 4.74 Å². The summed E-state index contributed by atoms with van der Waals surface area (Å²) in [7, 11) is 1.63. The molecule has 2 aromatic heterocycles. The lowest BCUT2D eigenvalue weighted by Crippen LogP contribution is -2.11. The van der Waals surface area contributed by atoms with Crippen LogP contribution in [0, 0.1) is 13.8 Å². The van der Waals surface area contributed by atoms with E-state index in [-0.39, 0.29) is 0 Å². The molecule has 4 rings (SSSR count). The minimum atomic E-state index is -0.923. The summed E-state index contributed by atoms with van der Waals surface area (Å²) < 4.78 is 12.5. The summed E-state index contributed by atoms with van der Waals surface area (Å²) in [6.45, 7) is 3.66. The Hall–Kier alpha value is -3.02. The molecule has 0 unspecified atom stereocenters. The molecular weight excluding hydrogens is 344 g/mol. The first-order valence-corrected chi connectivity index (χ1v) is 9.10. The van der Waals surface area contributed by atoms with Crippen LogP contribution in [0.2, 0.25) is 0 Å². The number of nitrogens with zero attached hydrogens (tertiary/aromatic N) is 2. The number of hydrogen-bond acceptors (Lipinski definition) is 4. The summed E-state index contributed by atoms with van der Waals surface area (Å²) in [6, 6.07) is 7.75. The summed E-state index contributed by atoms with van der Waals surface area (Å²) >= 11 is 0. The molecule has 2 heterocycles. The molecule has 0 atom stereocenters. The second-order valence-corrected chi connectivity index (χ2v) is 6.90. The number of aromatic carboxylic acids is 1. The van der Waals surface area contributed by atoms with Crippen LogP contribution in [0.3, 0.4) is 0 Å². The van der Waals surface area contributed by atoms with E-state index >= 15 is 0 Å². The predicted molar refractivity (Wildman–Crippen MR) is 101 cm³/mol. The van der Waals surface area contributed by atoms with E-state index in [0.717, 1.165) is 53.8 Å². The predicted octanol–water partition coefficient (Wildman–Crippen LogP) is 4.33. The number of hydrogen-bond donors (Lipinski definition) is 1. The van der Waals surface area contributed by atoms with Gasteiger partial charge in [0, 0.05) is 0 Å². The van der Waals surface area contributed by atoms with Gasteiger partial charge in [0.1, 0.15) is 22.8 Å². The lowest BCUT2D eigenvalue weighted by atomic mass is 9.90. The Morgan fingerprint density at radius 2 is 1.81 bits per heavy atom. The highest BCUT2D eigenvalue weighted by molar-refractivity contribution is 5.92. The summed E-state index contributed by atoms with van der Waals surface area (Å²) in [5.41, 5.74) is 5.64. The van der Waals surface area contributed by atoms with Gasteiger partial charge in [0.2, 0.25) is 0 Å². The van der Waals surface area contributed by atoms with Crippen LogP contribution in [-0.2, 0) is 12.8 Å². The van der Waals surface area contributed by atoms with Crippen LogP contribution in [-0.4, -0.2) is 27.9 Å². The Morgan fingerprint density at radius 1 is 1.15 bits per heavy atom. The first-order valence-electron chi connectivity index (χ1n) is 9.10. The van der Waals surface area contributed by atoms with Crippen LogP contribution in [0.5, 0.6) is 5.75 Å². The van der Waals surface area contributed by atoms with E-state index in [1.54, 1.807) is 7.11 Å². The number of carboxylic acids is 1. The highest BCUT2D eigenvalue weighted by atomic mass is 16.5. The Balaban J connectivity index is 2.08. The molecule has 6 nitrogen and oxygen atoms in total. The molecule has 1 aliphatic carbocycles. The van der Waals surface area contributed by atoms with Crippen molar-refractivity contribution in [3.05, 3.63) is 52.5 Å². The van der Waals surface area contributed by atoms with Crippen molar-refractivity contribution in [2.45, 2.75) is 39.5 Å². The van der Waals surface area contributed by atoms with E-state index in [2.05, 4.69) is 5.16 Å². The second kappa shape index (κ2) is 6.61. The zero-order valence-electron chi connectivity index (χ0n) is 15.7. The molecule has 1 aromatic carbocycles. The fraction of sp³-hybridized carbons (Fsp3) is 0.333. The molecular formula is C21H22N2O4. The van der Waals surface area contributed by atoms with Gasteiger partial charge in [-0.05, 0) is 80.5 Å². The van der Waals surface area contributed by atoms with Crippen LogP contribution >= 0.6 is 0 Å². The average molecular weight is 366 g/mol. The van der Waals surface area contributed by atoms with Crippen molar-refractivity contribution in [3.63, 3.8) is 0 Å². The first-order chi connectivity index (χ1) is 13.0. The summed E-state index contributed by atoms with van der Waals surface area (Å²) in [6.07, 6.45) is 3.70. The van der Waals surface area contributed by atoms with E-state index in [1.807, 2.05) is 42.7 Å². The molecule has 0 amide bonds. The highest BCUT2D eigenvalue weighted by Crippen LogP contribution is 2.40. The Morgan fingerprint density at radius 3 is 2.37 bits per heavy atom. The van der Waals surface area contributed by atoms with Gasteiger partial charge in [-0.15, -0.1) is 0 Å². The molecule has 1 aliphatic rings. The molecule has 0 aliphatic heterocycles. The molecule has 0 spiro atoms. The molecule has 27 heavy (non-hydrogen) atoms. The number of methoxy groups -OCH3 is 1. The van der Waals surface area contributed by atoms with E-state index in [1.165, 1.54) is 0 Å². The fourth-order valence-electron chi connectivity index (χ4n) is 4.11. The summed E-state index contributed by atoms with van der Waals surface area (Å²) in [5.74, 6) is 0.451. The van der Waals surface area contributed by atoms with Crippen LogP contribution in [0.4, 0.5) is 0 Å². The van der Waals surface area contributed by atoms with Crippen molar-refractivity contribution < 1.29 is 19.2 Å². The topological polar surface area (TPSA) is 77.5 Å². The molecule has 3 aromatic rings. The van der Waals surface area contributed by atoms with E-state index in [4.69, 9.17) is 9.26 Å². The average Bonchev–Trinajstić information content (AvgIpc) is 3.18. The maximum atomic E-state index is 12.3. The molecule has 0 bridgehead atoms. The van der Waals surface area contributed by atoms with Crippen LogP contribution in [0.1, 0.15) is 45.9 Å². The van der Waals surface area contributed by atoms with Crippen molar-refractivity contribution >= 4 is 5.97 Å². The number of benzene rings is 1. The van der Waals surface area contributed by atoms with Crippen molar-refractivity contribution in [2.24, 2.45) is 0 Å². The van der Waals surface area contributed by atoms with Gasteiger partial charge in [-0.25, -0.2) is 4.79 Å². The number of ether oxygens (including phenoxy) is 1. The maximum Gasteiger partial charge on any atom is 0.353 e. The van der Waals surface area contributed by atoms with E-state index in [0.29, 0.717) is 22.8 Å². The minimum absolute atomic E-state index is 0.324. The van der Waals surface area contributed by atoms with E-state index < -0.39 is 5.97 Å². The molecule has 0 fully saturated rings. The zero-order chi connectivity index (χ0) is 19.1. The second-order valence-electron chi connectivity index (χ2n) is 6.90. The number of rotatable bonds is 4. The number of carboxylic acid groups (broad SMARTS) is 1. The molecule has 140 valence electrons. The third-order valence-electron chi connectivity index (χ3n) is 5.27. The molecule has 6 heteroatoms. The van der Waals surface area contributed by atoms with Gasteiger partial charge < -0.3 is 14.4 Å². The van der Waals surface area contributed by atoms with Gasteiger partial charge >= 0.3 is 5.97 Å². The smallest absolute Gasteiger partial charge is 0.353 e. The number of aromatic nitrogens is 2. The Labute approximate surface area is 157 Å². The maximum absolute atomic E-state index is 12.3. The largest absolute Gasteiger partial charge is 0.497 e. The van der Waals surface area contributed by atoms with Crippen LogP contribution in [0.15, 0.2) is 28.8 Å². The lowest BCUT2D eigenvalue weighted by molar-refractivity contribution is 0.0687. The Kier molecular flexibility index (Phi) is 4.26. The molecule has 0 saturated carbocycles. The number of aryl methyl sites for hydroxylation is 2. The SMILES string of the molecule is COc1ccc(-c2c3c(c(C(=O)O)n2-c2c(C)noc2C)CCCC3)cc1. The number of carbonyl (C=O) groups is 1. The standard InChI is InChI=1S/C21H22N2O4/c1-12-18(13(2)27-22-12)23-19(14-8-10-15(26-3)11-9-14)16-6-4-5-7-17(16)20(23)21(24)25/h8-11H,4-7H2,1-3H3,(H,24,25). The van der Waals surface area contributed by atoms with Crippen molar-refractivity contribution in [1.29, 1.82) is 0 Å². The molecule has 0 radical (unpaired) electrons. The van der Waals surface area contributed by atoms with Gasteiger partial charge in [-0.2, -0.15) is 0 Å². The van der Waals surface area contributed by atoms with Gasteiger partial charge in [0.25, 0.3) is 0 Å². The minimum Gasteiger partial charge on any atom is -0.497 e.